The number of amides is 1. The number of aliphatic hydroxyl groups is 1. The summed E-state index contributed by atoms with van der Waals surface area (Å²) in [5.74, 6) is -1.16. The number of hydrogen-bond donors (Lipinski definition) is 2. The van der Waals surface area contributed by atoms with Crippen LogP contribution in [-0.4, -0.2) is 16.6 Å². The molecular weight excluding hydrogens is 185 g/mol. The molecule has 4 heteroatoms. The SMILES string of the molecule is CC(C)(O)C(=O)Nc1ccccc1F. The van der Waals surface area contributed by atoms with E-state index in [9.17, 15) is 14.3 Å². The van der Waals surface area contributed by atoms with Crippen LogP contribution in [-0.2, 0) is 4.79 Å². The van der Waals surface area contributed by atoms with E-state index in [0.29, 0.717) is 0 Å². The number of para-hydroxylation sites is 1. The van der Waals surface area contributed by atoms with Crippen LogP contribution in [0, 0.1) is 5.82 Å². The van der Waals surface area contributed by atoms with Crippen molar-refractivity contribution in [3.05, 3.63) is 30.1 Å². The number of nitrogens with one attached hydrogen (secondary N) is 1. The summed E-state index contributed by atoms with van der Waals surface area (Å²) >= 11 is 0. The highest BCUT2D eigenvalue weighted by atomic mass is 19.1. The van der Waals surface area contributed by atoms with Gasteiger partial charge in [-0.25, -0.2) is 4.39 Å². The Balaban J connectivity index is 2.80. The topological polar surface area (TPSA) is 49.3 Å². The molecule has 0 heterocycles. The van der Waals surface area contributed by atoms with Crippen molar-refractivity contribution in [2.45, 2.75) is 19.4 Å². The summed E-state index contributed by atoms with van der Waals surface area (Å²) in [6.07, 6.45) is 0. The summed E-state index contributed by atoms with van der Waals surface area (Å²) < 4.78 is 13.0. The molecule has 0 saturated heterocycles. The zero-order valence-electron chi connectivity index (χ0n) is 8.04. The van der Waals surface area contributed by atoms with Gasteiger partial charge in [-0.15, -0.1) is 0 Å². The normalized spacial score (nSPS) is 11.1. The average Bonchev–Trinajstić information content (AvgIpc) is 2.07. The number of carbonyl (C=O) groups is 1. The molecule has 0 aliphatic heterocycles. The minimum atomic E-state index is -1.51. The van der Waals surface area contributed by atoms with Gasteiger partial charge in [-0.3, -0.25) is 4.79 Å². The second-order valence-corrected chi connectivity index (χ2v) is 3.49. The molecule has 3 nitrogen and oxygen atoms in total. The lowest BCUT2D eigenvalue weighted by molar-refractivity contribution is -0.130. The largest absolute Gasteiger partial charge is 0.381 e. The van der Waals surface area contributed by atoms with Crippen molar-refractivity contribution < 1.29 is 14.3 Å². The van der Waals surface area contributed by atoms with E-state index in [4.69, 9.17) is 0 Å². The van der Waals surface area contributed by atoms with Crippen molar-refractivity contribution in [1.82, 2.24) is 0 Å². The third-order valence-corrected chi connectivity index (χ3v) is 1.68. The zero-order chi connectivity index (χ0) is 10.8. The lowest BCUT2D eigenvalue weighted by atomic mass is 10.1. The molecule has 0 saturated carbocycles. The third-order valence-electron chi connectivity index (χ3n) is 1.68. The zero-order valence-corrected chi connectivity index (χ0v) is 8.04. The first kappa shape index (κ1) is 10.7. The number of benzene rings is 1. The van der Waals surface area contributed by atoms with Crippen molar-refractivity contribution in [2.24, 2.45) is 0 Å². The van der Waals surface area contributed by atoms with Gasteiger partial charge in [0, 0.05) is 0 Å². The average molecular weight is 197 g/mol. The van der Waals surface area contributed by atoms with Gasteiger partial charge in [0.15, 0.2) is 0 Å². The van der Waals surface area contributed by atoms with E-state index in [1.807, 2.05) is 0 Å². The Bertz CT molecular complexity index is 344. The minimum Gasteiger partial charge on any atom is -0.381 e. The molecule has 1 aromatic carbocycles. The van der Waals surface area contributed by atoms with Crippen LogP contribution in [0.4, 0.5) is 10.1 Å². The molecule has 76 valence electrons. The van der Waals surface area contributed by atoms with E-state index >= 15 is 0 Å². The highest BCUT2D eigenvalue weighted by Gasteiger charge is 2.24. The fourth-order valence-electron chi connectivity index (χ4n) is 0.838. The van der Waals surface area contributed by atoms with Gasteiger partial charge >= 0.3 is 0 Å². The van der Waals surface area contributed by atoms with Crippen molar-refractivity contribution in [2.75, 3.05) is 5.32 Å². The van der Waals surface area contributed by atoms with Gasteiger partial charge in [-0.1, -0.05) is 12.1 Å². The second kappa shape index (κ2) is 3.75. The van der Waals surface area contributed by atoms with Crippen LogP contribution >= 0.6 is 0 Å². The smallest absolute Gasteiger partial charge is 0.255 e. The van der Waals surface area contributed by atoms with E-state index in [1.165, 1.54) is 32.0 Å². The molecular formula is C10H12FNO2. The Labute approximate surface area is 81.6 Å². The molecule has 2 N–H and O–H groups in total. The van der Waals surface area contributed by atoms with Crippen LogP contribution in [0.1, 0.15) is 13.8 Å². The summed E-state index contributed by atoms with van der Waals surface area (Å²) in [5.41, 5.74) is -1.44. The van der Waals surface area contributed by atoms with Gasteiger partial charge in [-0.05, 0) is 26.0 Å². The summed E-state index contributed by atoms with van der Waals surface area (Å²) in [6, 6.07) is 5.79. The van der Waals surface area contributed by atoms with E-state index in [1.54, 1.807) is 6.07 Å². The van der Waals surface area contributed by atoms with Crippen molar-refractivity contribution >= 4 is 11.6 Å². The predicted octanol–water partition coefficient (Wildman–Crippen LogP) is 1.54. The maximum atomic E-state index is 13.0. The van der Waals surface area contributed by atoms with Gasteiger partial charge in [0.05, 0.1) is 5.69 Å². The van der Waals surface area contributed by atoms with Crippen LogP contribution in [0.2, 0.25) is 0 Å². The fourth-order valence-corrected chi connectivity index (χ4v) is 0.838. The number of carbonyl (C=O) groups excluding carboxylic acids is 1. The monoisotopic (exact) mass is 197 g/mol. The molecule has 0 aromatic heterocycles. The maximum absolute atomic E-state index is 13.0. The predicted molar refractivity (Wildman–Crippen MR) is 51.3 cm³/mol. The molecule has 1 amide bonds. The Hall–Kier alpha value is -1.42. The molecule has 0 unspecified atom stereocenters. The summed E-state index contributed by atoms with van der Waals surface area (Å²) in [7, 11) is 0. The quantitative estimate of drug-likeness (QED) is 0.755. The number of anilines is 1. The minimum absolute atomic E-state index is 0.0691. The van der Waals surface area contributed by atoms with E-state index in [2.05, 4.69) is 5.32 Å². The molecule has 1 rings (SSSR count). The lowest BCUT2D eigenvalue weighted by Gasteiger charge is -2.16. The summed E-state index contributed by atoms with van der Waals surface area (Å²) in [4.78, 5) is 11.3. The first-order valence-electron chi connectivity index (χ1n) is 4.19. The van der Waals surface area contributed by atoms with Crippen molar-refractivity contribution in [1.29, 1.82) is 0 Å². The fraction of sp³-hybridized carbons (Fsp3) is 0.300. The first-order chi connectivity index (χ1) is 6.41. The standard InChI is InChI=1S/C10H12FNO2/c1-10(2,14)9(13)12-8-6-4-3-5-7(8)11/h3-6,14H,1-2H3,(H,12,13). The van der Waals surface area contributed by atoms with Crippen molar-refractivity contribution in [3.8, 4) is 0 Å². The molecule has 0 radical (unpaired) electrons. The van der Waals surface area contributed by atoms with Gasteiger partial charge in [-0.2, -0.15) is 0 Å². The maximum Gasteiger partial charge on any atom is 0.255 e. The Morgan fingerprint density at radius 2 is 2.00 bits per heavy atom. The van der Waals surface area contributed by atoms with Crippen LogP contribution in [0.5, 0.6) is 0 Å². The van der Waals surface area contributed by atoms with Crippen LogP contribution in [0.15, 0.2) is 24.3 Å². The van der Waals surface area contributed by atoms with Crippen LogP contribution in [0.25, 0.3) is 0 Å². The summed E-state index contributed by atoms with van der Waals surface area (Å²) in [6.45, 7) is 2.67. The van der Waals surface area contributed by atoms with Gasteiger partial charge in [0.1, 0.15) is 11.4 Å². The molecule has 0 aliphatic carbocycles. The van der Waals surface area contributed by atoms with Crippen molar-refractivity contribution in [3.63, 3.8) is 0 Å². The molecule has 14 heavy (non-hydrogen) atoms. The molecule has 0 bridgehead atoms. The Kier molecular flexibility index (Phi) is 2.86. The Morgan fingerprint density at radius 1 is 1.43 bits per heavy atom. The Morgan fingerprint density at radius 3 is 2.50 bits per heavy atom. The number of rotatable bonds is 2. The lowest BCUT2D eigenvalue weighted by Crippen LogP contribution is -2.36. The van der Waals surface area contributed by atoms with Gasteiger partial charge in [0.2, 0.25) is 0 Å². The van der Waals surface area contributed by atoms with E-state index < -0.39 is 17.3 Å². The molecule has 0 atom stereocenters. The third kappa shape index (κ3) is 2.53. The van der Waals surface area contributed by atoms with Gasteiger partial charge in [0.25, 0.3) is 5.91 Å². The molecule has 0 aliphatic rings. The molecule has 0 spiro atoms. The summed E-state index contributed by atoms with van der Waals surface area (Å²) in [5, 5.41) is 11.6. The first-order valence-corrected chi connectivity index (χ1v) is 4.19. The molecule has 0 fully saturated rings. The highest BCUT2D eigenvalue weighted by Crippen LogP contribution is 2.14. The second-order valence-electron chi connectivity index (χ2n) is 3.49. The van der Waals surface area contributed by atoms with Gasteiger partial charge < -0.3 is 10.4 Å². The van der Waals surface area contributed by atoms with E-state index in [0.717, 1.165) is 0 Å². The van der Waals surface area contributed by atoms with E-state index in [-0.39, 0.29) is 5.69 Å². The van der Waals surface area contributed by atoms with Crippen LogP contribution < -0.4 is 5.32 Å². The number of hydrogen-bond acceptors (Lipinski definition) is 2. The molecule has 1 aromatic rings. The van der Waals surface area contributed by atoms with Crippen LogP contribution in [0.3, 0.4) is 0 Å². The number of halogens is 1. The highest BCUT2D eigenvalue weighted by molar-refractivity contribution is 5.96.